The maximum absolute atomic E-state index is 10.6. The Hall–Kier alpha value is -4.22. The number of anilines is 1. The van der Waals surface area contributed by atoms with Crippen LogP contribution in [0.15, 0.2) is 97.6 Å². The number of aliphatic hydroxyl groups excluding tert-OH is 1. The number of aliphatic hydroxyl groups is 1. The summed E-state index contributed by atoms with van der Waals surface area (Å²) in [6.07, 6.45) is 4.86. The summed E-state index contributed by atoms with van der Waals surface area (Å²) in [6, 6.07) is 25.0. The molecule has 0 atom stereocenters. The molecule has 0 unspecified atom stereocenters. The number of ether oxygens (including phenoxy) is 1. The number of benzene rings is 3. The average Bonchev–Trinajstić information content (AvgIpc) is 3.42. The van der Waals surface area contributed by atoms with E-state index in [1.807, 2.05) is 43.1 Å². The van der Waals surface area contributed by atoms with Crippen LogP contribution in [0.3, 0.4) is 0 Å². The Labute approximate surface area is 292 Å². The second kappa shape index (κ2) is 20.3. The van der Waals surface area contributed by atoms with Gasteiger partial charge in [0.15, 0.2) is 0 Å². The van der Waals surface area contributed by atoms with E-state index >= 15 is 0 Å². The molecule has 9 nitrogen and oxygen atoms in total. The largest absolute Gasteiger partial charge is 0.564 e. The number of carbonyl (C=O) groups excluding carboxylic acids is 2. The van der Waals surface area contributed by atoms with Crippen LogP contribution < -0.4 is 15.1 Å². The summed E-state index contributed by atoms with van der Waals surface area (Å²) in [5, 5.41) is 8.16. The average molecular weight is 670 g/mol. The van der Waals surface area contributed by atoms with E-state index in [1.54, 1.807) is 5.56 Å². The van der Waals surface area contributed by atoms with Crippen molar-refractivity contribution in [3.8, 4) is 5.75 Å². The van der Waals surface area contributed by atoms with E-state index in [0.717, 1.165) is 55.8 Å². The number of aldehydes is 1. The molecule has 1 saturated heterocycles. The Morgan fingerprint density at radius 3 is 2.20 bits per heavy atom. The predicted octanol–water partition coefficient (Wildman–Crippen LogP) is 4.62. The topological polar surface area (TPSA) is 91.8 Å². The summed E-state index contributed by atoms with van der Waals surface area (Å²) < 4.78 is 16.0. The van der Waals surface area contributed by atoms with Crippen molar-refractivity contribution in [3.63, 3.8) is 0 Å². The van der Waals surface area contributed by atoms with Crippen LogP contribution in [0.4, 0.5) is 5.69 Å². The van der Waals surface area contributed by atoms with Crippen molar-refractivity contribution < 1.29 is 28.7 Å². The van der Waals surface area contributed by atoms with Gasteiger partial charge in [-0.2, -0.15) is 0 Å². The summed E-state index contributed by atoms with van der Waals surface area (Å²) in [5.41, 5.74) is 7.15. The summed E-state index contributed by atoms with van der Waals surface area (Å²) >= 11 is 0. The van der Waals surface area contributed by atoms with E-state index in [4.69, 9.17) is 19.2 Å². The van der Waals surface area contributed by atoms with Crippen LogP contribution in [0.1, 0.15) is 36.5 Å². The Kier molecular flexibility index (Phi) is 16.3. The molecule has 2 heterocycles. The van der Waals surface area contributed by atoms with E-state index in [2.05, 4.69) is 78.5 Å². The molecule has 0 aromatic heterocycles. The quantitative estimate of drug-likeness (QED) is 0.150. The van der Waals surface area contributed by atoms with Gasteiger partial charge in [0.05, 0.1) is 13.2 Å². The standard InChI is InChI=1S/C29H33BN2O4.C5H11NO.C5H8O/c1-31-21-29(27-5-3-4-6-28(27)31)15-17-32(18-16-29)19-23-7-9-24(10-8-23)20-35-26-13-11-25(12-14-26)30(34-2)36-22-33;1-3-6(2)4-5-7;1-3-5(2)4-6/h3-14,22H,15-21H2,1-2H3;5H,3-4H2,1-2H3;3,6H,1-2,4H2. The van der Waals surface area contributed by atoms with Crippen LogP contribution in [0, 0.1) is 0 Å². The van der Waals surface area contributed by atoms with Gasteiger partial charge in [0.2, 0.25) is 0 Å². The third kappa shape index (κ3) is 11.7. The minimum atomic E-state index is -0.704. The lowest BCUT2D eigenvalue weighted by molar-refractivity contribution is -0.121. The highest BCUT2D eigenvalue weighted by atomic mass is 16.6. The fourth-order valence-corrected chi connectivity index (χ4v) is 5.97. The summed E-state index contributed by atoms with van der Waals surface area (Å²) in [7, 11) is 4.93. The van der Waals surface area contributed by atoms with Gasteiger partial charge in [0.25, 0.3) is 6.47 Å². The number of rotatable bonds is 14. The smallest absolute Gasteiger partial charge is 0.508 e. The highest BCUT2D eigenvalue weighted by Crippen LogP contribution is 2.46. The van der Waals surface area contributed by atoms with Crippen molar-refractivity contribution in [1.82, 2.24) is 9.80 Å². The maximum atomic E-state index is 10.6. The van der Waals surface area contributed by atoms with Crippen LogP contribution in [0.5, 0.6) is 5.75 Å². The van der Waals surface area contributed by atoms with Gasteiger partial charge in [-0.15, -0.1) is 0 Å². The van der Waals surface area contributed by atoms with Crippen LogP contribution in [0.25, 0.3) is 0 Å². The Bertz CT molecular complexity index is 1460. The zero-order valence-corrected chi connectivity index (χ0v) is 29.6. The monoisotopic (exact) mass is 669 g/mol. The fourth-order valence-electron chi connectivity index (χ4n) is 5.97. The van der Waals surface area contributed by atoms with Gasteiger partial charge in [0.1, 0.15) is 18.6 Å². The molecule has 0 aliphatic carbocycles. The molecule has 3 aromatic rings. The molecular weight excluding hydrogens is 617 g/mol. The Balaban J connectivity index is 0.000000425. The number of hydrogen-bond acceptors (Lipinski definition) is 9. The van der Waals surface area contributed by atoms with Crippen molar-refractivity contribution in [1.29, 1.82) is 0 Å². The van der Waals surface area contributed by atoms with Gasteiger partial charge >= 0.3 is 7.12 Å². The molecule has 5 rings (SSSR count). The van der Waals surface area contributed by atoms with E-state index in [-0.39, 0.29) is 6.61 Å². The van der Waals surface area contributed by atoms with Crippen molar-refractivity contribution >= 4 is 31.0 Å². The maximum Gasteiger partial charge on any atom is 0.564 e. The second-order valence-corrected chi connectivity index (χ2v) is 12.4. The first-order chi connectivity index (χ1) is 23.7. The lowest BCUT2D eigenvalue weighted by Crippen LogP contribution is -2.44. The molecule has 49 heavy (non-hydrogen) atoms. The lowest BCUT2D eigenvalue weighted by Gasteiger charge is -2.40. The summed E-state index contributed by atoms with van der Waals surface area (Å²) in [5.74, 6) is 0.755. The summed E-state index contributed by atoms with van der Waals surface area (Å²) in [6.45, 7) is 15.6. The molecule has 2 aliphatic rings. The zero-order valence-electron chi connectivity index (χ0n) is 29.6. The van der Waals surface area contributed by atoms with Crippen LogP contribution in [-0.2, 0) is 37.5 Å². The minimum absolute atomic E-state index is 0.0174. The van der Waals surface area contributed by atoms with E-state index < -0.39 is 7.12 Å². The van der Waals surface area contributed by atoms with Gasteiger partial charge in [-0.1, -0.05) is 80.8 Å². The highest BCUT2D eigenvalue weighted by molar-refractivity contribution is 6.62. The van der Waals surface area contributed by atoms with Gasteiger partial charge in [-0.3, -0.25) is 14.6 Å². The number of likely N-dealkylation sites (tertiary alicyclic amines) is 1. The molecule has 0 amide bonds. The Morgan fingerprint density at radius 2 is 1.67 bits per heavy atom. The number of fused-ring (bicyclic) bond motifs is 2. The Morgan fingerprint density at radius 1 is 1.02 bits per heavy atom. The number of piperidine rings is 1. The molecule has 3 aromatic carbocycles. The first-order valence-electron chi connectivity index (χ1n) is 16.7. The normalized spacial score (nSPS) is 14.4. The number of hydrogen-bond donors (Lipinski definition) is 1. The fraction of sp³-hybridized carbons (Fsp3) is 0.385. The third-order valence-electron chi connectivity index (χ3n) is 9.04. The van der Waals surface area contributed by atoms with Gasteiger partial charge in [-0.25, -0.2) is 0 Å². The third-order valence-corrected chi connectivity index (χ3v) is 9.04. The molecule has 0 bridgehead atoms. The van der Waals surface area contributed by atoms with Gasteiger partial charge in [-0.05, 0) is 85.4 Å². The molecule has 1 spiro atoms. The second-order valence-electron chi connectivity index (χ2n) is 12.4. The molecule has 10 heteroatoms. The van der Waals surface area contributed by atoms with Crippen LogP contribution in [-0.4, -0.2) is 95.3 Å². The van der Waals surface area contributed by atoms with Gasteiger partial charge < -0.3 is 28.8 Å². The van der Waals surface area contributed by atoms with E-state index in [0.29, 0.717) is 30.6 Å². The molecule has 1 fully saturated rings. The molecule has 0 radical (unpaired) electrons. The number of carbonyl (C=O) groups is 2. The van der Waals surface area contributed by atoms with E-state index in [9.17, 15) is 9.59 Å². The highest BCUT2D eigenvalue weighted by Gasteiger charge is 2.43. The van der Waals surface area contributed by atoms with Crippen molar-refractivity contribution in [3.05, 3.63) is 114 Å². The van der Waals surface area contributed by atoms with Crippen molar-refractivity contribution in [2.45, 2.75) is 38.3 Å². The molecule has 0 saturated carbocycles. The van der Waals surface area contributed by atoms with E-state index in [1.165, 1.54) is 37.3 Å². The SMILES string of the molecule is C=CC(=C)CO.CCN(C)CC=O.COB(OC=O)c1ccc(OCc2ccc(CN3CCC4(CC3)CN(C)c3ccccc34)cc2)cc1. The van der Waals surface area contributed by atoms with Crippen molar-refractivity contribution in [2.24, 2.45) is 0 Å². The number of likely N-dealkylation sites (N-methyl/N-ethyl adjacent to an activating group) is 2. The van der Waals surface area contributed by atoms with Gasteiger partial charge in [0, 0.05) is 38.3 Å². The number of nitrogens with zero attached hydrogens (tertiary/aromatic N) is 3. The molecule has 262 valence electrons. The predicted molar refractivity (Wildman–Crippen MR) is 198 cm³/mol. The molecule has 2 aliphatic heterocycles. The minimum Gasteiger partial charge on any atom is -0.508 e. The van der Waals surface area contributed by atoms with Crippen LogP contribution >= 0.6 is 0 Å². The summed E-state index contributed by atoms with van der Waals surface area (Å²) in [4.78, 5) is 27.3. The number of para-hydroxylation sites is 1. The zero-order chi connectivity index (χ0) is 35.6. The van der Waals surface area contributed by atoms with Crippen LogP contribution in [0.2, 0.25) is 0 Å². The first-order valence-corrected chi connectivity index (χ1v) is 16.7. The molecular formula is C39H52BN3O6. The molecule has 1 N–H and O–H groups in total. The van der Waals surface area contributed by atoms with Crippen molar-refractivity contribution in [2.75, 3.05) is 65.4 Å². The first kappa shape index (κ1) is 39.2. The lowest BCUT2D eigenvalue weighted by atomic mass is 9.74.